The number of nitrogen functional groups attached to an aromatic ring is 1. The van der Waals surface area contributed by atoms with Crippen LogP contribution < -0.4 is 15.2 Å². The lowest BCUT2D eigenvalue weighted by Crippen LogP contribution is -1.95. The van der Waals surface area contributed by atoms with E-state index in [1.807, 2.05) is 18.2 Å². The van der Waals surface area contributed by atoms with E-state index < -0.39 is 0 Å². The van der Waals surface area contributed by atoms with Crippen LogP contribution in [0.15, 0.2) is 30.5 Å². The predicted octanol–water partition coefficient (Wildman–Crippen LogP) is 2.65. The molecule has 0 bridgehead atoms. The summed E-state index contributed by atoms with van der Waals surface area (Å²) in [7, 11) is 3.17. The molecule has 0 saturated carbocycles. The monoisotopic (exact) mass is 304 g/mol. The molecule has 7 heteroatoms. The standard InChI is InChI=1S/C14H13ClN4O2/c1-20-11-4-3-8(5-12(11)21-2)13-17-18-14-10(16)6-9(15)7-19(13)14/h3-7H,16H2,1-2H3. The predicted molar refractivity (Wildman–Crippen MR) is 80.9 cm³/mol. The van der Waals surface area contributed by atoms with Gasteiger partial charge in [-0.2, -0.15) is 0 Å². The SMILES string of the molecule is COc1ccc(-c2nnc3c(N)cc(Cl)cn23)cc1OC. The maximum absolute atomic E-state index is 6.05. The van der Waals surface area contributed by atoms with Crippen LogP contribution in [0.5, 0.6) is 11.5 Å². The number of ether oxygens (including phenoxy) is 2. The molecule has 0 atom stereocenters. The molecule has 0 fully saturated rings. The summed E-state index contributed by atoms with van der Waals surface area (Å²) in [5.41, 5.74) is 7.75. The number of halogens is 1. The fraction of sp³-hybridized carbons (Fsp3) is 0.143. The summed E-state index contributed by atoms with van der Waals surface area (Å²) in [5, 5.41) is 8.78. The minimum absolute atomic E-state index is 0.474. The Hall–Kier alpha value is -2.47. The number of nitrogens with two attached hydrogens (primary N) is 1. The van der Waals surface area contributed by atoms with Crippen LogP contribution in [0, 0.1) is 0 Å². The number of rotatable bonds is 3. The second-order valence-electron chi connectivity index (χ2n) is 4.40. The van der Waals surface area contributed by atoms with Crippen LogP contribution in [0.25, 0.3) is 17.0 Å². The molecule has 2 N–H and O–H groups in total. The smallest absolute Gasteiger partial charge is 0.184 e. The van der Waals surface area contributed by atoms with Crippen molar-refractivity contribution in [1.82, 2.24) is 14.6 Å². The number of anilines is 1. The van der Waals surface area contributed by atoms with Gasteiger partial charge in [0.2, 0.25) is 0 Å². The number of methoxy groups -OCH3 is 2. The summed E-state index contributed by atoms with van der Waals surface area (Å²) >= 11 is 6.05. The fourth-order valence-corrected chi connectivity index (χ4v) is 2.37. The van der Waals surface area contributed by atoms with E-state index >= 15 is 0 Å². The summed E-state index contributed by atoms with van der Waals surface area (Å²) in [6, 6.07) is 7.15. The lowest BCUT2D eigenvalue weighted by atomic mass is 10.2. The first kappa shape index (κ1) is 13.5. The van der Waals surface area contributed by atoms with E-state index in [4.69, 9.17) is 26.8 Å². The van der Waals surface area contributed by atoms with E-state index in [-0.39, 0.29) is 0 Å². The zero-order valence-electron chi connectivity index (χ0n) is 11.5. The average Bonchev–Trinajstić information content (AvgIpc) is 2.90. The number of aromatic nitrogens is 3. The third-order valence-electron chi connectivity index (χ3n) is 3.14. The molecule has 0 aliphatic heterocycles. The van der Waals surface area contributed by atoms with Gasteiger partial charge in [-0.25, -0.2) is 0 Å². The van der Waals surface area contributed by atoms with E-state index in [0.29, 0.717) is 33.7 Å². The van der Waals surface area contributed by atoms with Crippen molar-refractivity contribution in [1.29, 1.82) is 0 Å². The number of hydrogen-bond donors (Lipinski definition) is 1. The maximum atomic E-state index is 6.05. The average molecular weight is 305 g/mol. The summed E-state index contributed by atoms with van der Waals surface area (Å²) in [4.78, 5) is 0. The van der Waals surface area contributed by atoms with Gasteiger partial charge in [-0.15, -0.1) is 10.2 Å². The number of nitrogens with zero attached hydrogens (tertiary/aromatic N) is 3. The molecular formula is C14H13ClN4O2. The van der Waals surface area contributed by atoms with Gasteiger partial charge >= 0.3 is 0 Å². The largest absolute Gasteiger partial charge is 0.493 e. The first-order valence-corrected chi connectivity index (χ1v) is 6.54. The first-order valence-electron chi connectivity index (χ1n) is 6.16. The van der Waals surface area contributed by atoms with Crippen molar-refractivity contribution in [3.05, 3.63) is 35.5 Å². The Morgan fingerprint density at radius 1 is 1.10 bits per heavy atom. The molecule has 2 aromatic heterocycles. The van der Waals surface area contributed by atoms with E-state index in [2.05, 4.69) is 10.2 Å². The highest BCUT2D eigenvalue weighted by molar-refractivity contribution is 6.30. The zero-order chi connectivity index (χ0) is 15.0. The number of fused-ring (bicyclic) bond motifs is 1. The van der Waals surface area contributed by atoms with Crippen LogP contribution >= 0.6 is 11.6 Å². The Morgan fingerprint density at radius 2 is 1.86 bits per heavy atom. The normalized spacial score (nSPS) is 10.8. The van der Waals surface area contributed by atoms with Crippen LogP contribution in [-0.2, 0) is 0 Å². The molecule has 108 valence electrons. The van der Waals surface area contributed by atoms with Gasteiger partial charge in [0.05, 0.1) is 24.9 Å². The van der Waals surface area contributed by atoms with Crippen molar-refractivity contribution in [2.24, 2.45) is 0 Å². The van der Waals surface area contributed by atoms with Crippen LogP contribution in [0.2, 0.25) is 5.02 Å². The third kappa shape index (κ3) is 2.23. The molecule has 0 amide bonds. The molecule has 1 aromatic carbocycles. The minimum atomic E-state index is 0.474. The number of hydrogen-bond acceptors (Lipinski definition) is 5. The molecule has 3 rings (SSSR count). The maximum Gasteiger partial charge on any atom is 0.184 e. The van der Waals surface area contributed by atoms with E-state index in [0.717, 1.165) is 5.56 Å². The third-order valence-corrected chi connectivity index (χ3v) is 3.35. The van der Waals surface area contributed by atoms with Crippen molar-refractivity contribution < 1.29 is 9.47 Å². The highest BCUT2D eigenvalue weighted by atomic mass is 35.5. The Balaban J connectivity index is 2.21. The Labute approximate surface area is 126 Å². The molecule has 6 nitrogen and oxygen atoms in total. The van der Waals surface area contributed by atoms with Gasteiger partial charge in [-0.1, -0.05) is 11.6 Å². The molecule has 3 aromatic rings. The molecule has 0 unspecified atom stereocenters. The highest BCUT2D eigenvalue weighted by Gasteiger charge is 2.13. The summed E-state index contributed by atoms with van der Waals surface area (Å²) < 4.78 is 12.3. The molecule has 21 heavy (non-hydrogen) atoms. The van der Waals surface area contributed by atoms with Crippen LogP contribution in [0.3, 0.4) is 0 Å². The van der Waals surface area contributed by atoms with Crippen molar-refractivity contribution in [2.45, 2.75) is 0 Å². The molecular weight excluding hydrogens is 292 g/mol. The Kier molecular flexibility index (Phi) is 3.31. The fourth-order valence-electron chi connectivity index (χ4n) is 2.16. The summed E-state index contributed by atoms with van der Waals surface area (Å²) in [6.45, 7) is 0. The molecule has 0 aliphatic carbocycles. The molecule has 0 saturated heterocycles. The van der Waals surface area contributed by atoms with Gasteiger partial charge < -0.3 is 15.2 Å². The van der Waals surface area contributed by atoms with Gasteiger partial charge in [0.1, 0.15) is 0 Å². The van der Waals surface area contributed by atoms with Crippen molar-refractivity contribution in [3.63, 3.8) is 0 Å². The lowest BCUT2D eigenvalue weighted by Gasteiger charge is -2.09. The van der Waals surface area contributed by atoms with Crippen LogP contribution in [0.4, 0.5) is 5.69 Å². The van der Waals surface area contributed by atoms with Gasteiger partial charge in [0, 0.05) is 11.8 Å². The molecule has 0 spiro atoms. The second-order valence-corrected chi connectivity index (χ2v) is 4.84. The Morgan fingerprint density at radius 3 is 2.57 bits per heavy atom. The Bertz CT molecular complexity index is 816. The van der Waals surface area contributed by atoms with Crippen molar-refractivity contribution in [2.75, 3.05) is 20.0 Å². The lowest BCUT2D eigenvalue weighted by molar-refractivity contribution is 0.355. The van der Waals surface area contributed by atoms with Gasteiger partial charge in [0.25, 0.3) is 0 Å². The quantitative estimate of drug-likeness (QED) is 0.805. The van der Waals surface area contributed by atoms with Gasteiger partial charge in [-0.3, -0.25) is 4.40 Å². The highest BCUT2D eigenvalue weighted by Crippen LogP contribution is 2.32. The van der Waals surface area contributed by atoms with E-state index in [9.17, 15) is 0 Å². The minimum Gasteiger partial charge on any atom is -0.493 e. The van der Waals surface area contributed by atoms with Gasteiger partial charge in [0.15, 0.2) is 23.0 Å². The second kappa shape index (κ2) is 5.14. The number of pyridine rings is 1. The molecule has 0 aliphatic rings. The zero-order valence-corrected chi connectivity index (χ0v) is 12.3. The van der Waals surface area contributed by atoms with Crippen LogP contribution in [-0.4, -0.2) is 28.8 Å². The van der Waals surface area contributed by atoms with Gasteiger partial charge in [-0.05, 0) is 24.3 Å². The van der Waals surface area contributed by atoms with E-state index in [1.54, 1.807) is 30.9 Å². The number of benzene rings is 1. The molecule has 2 heterocycles. The van der Waals surface area contributed by atoms with Crippen LogP contribution in [0.1, 0.15) is 0 Å². The first-order chi connectivity index (χ1) is 10.1. The van der Waals surface area contributed by atoms with Crippen molar-refractivity contribution in [3.8, 4) is 22.9 Å². The van der Waals surface area contributed by atoms with E-state index in [1.165, 1.54) is 0 Å². The summed E-state index contributed by atoms with van der Waals surface area (Å²) in [6.07, 6.45) is 1.72. The molecule has 0 radical (unpaired) electrons. The topological polar surface area (TPSA) is 74.7 Å². The van der Waals surface area contributed by atoms with Crippen molar-refractivity contribution >= 4 is 22.9 Å². The summed E-state index contributed by atoms with van der Waals surface area (Å²) in [5.74, 6) is 1.88.